The van der Waals surface area contributed by atoms with E-state index in [2.05, 4.69) is 0 Å². The molecule has 1 unspecified atom stereocenters. The number of ether oxygens (including phenoxy) is 3. The number of carbonyl (C=O) groups is 1. The van der Waals surface area contributed by atoms with Crippen molar-refractivity contribution in [2.24, 2.45) is 0 Å². The van der Waals surface area contributed by atoms with Crippen molar-refractivity contribution in [1.82, 2.24) is 0 Å². The fraction of sp³-hybridized carbons (Fsp3) is 0.500. The average molecular weight is 285 g/mol. The molecule has 1 fully saturated rings. The highest BCUT2D eigenvalue weighted by molar-refractivity contribution is 6.30. The quantitative estimate of drug-likeness (QED) is 0.797. The highest BCUT2D eigenvalue weighted by Crippen LogP contribution is 2.24. The first kappa shape index (κ1) is 14.2. The number of carbonyl (C=O) groups excluding carboxylic acids is 1. The number of methoxy groups -OCH3 is 1. The van der Waals surface area contributed by atoms with Gasteiger partial charge in [-0.25, -0.2) is 4.79 Å². The molecule has 0 spiro atoms. The Balaban J connectivity index is 1.95. The number of hydrogen-bond acceptors (Lipinski definition) is 4. The van der Waals surface area contributed by atoms with Crippen molar-refractivity contribution in [3.8, 4) is 5.75 Å². The zero-order chi connectivity index (χ0) is 13.7. The molecule has 0 N–H and O–H groups in total. The number of esters is 1. The van der Waals surface area contributed by atoms with Gasteiger partial charge in [0.2, 0.25) is 0 Å². The lowest BCUT2D eigenvalue weighted by Gasteiger charge is -2.22. The molecule has 5 heteroatoms. The lowest BCUT2D eigenvalue weighted by molar-refractivity contribution is -0.0301. The van der Waals surface area contributed by atoms with Gasteiger partial charge in [0.1, 0.15) is 17.9 Å². The molecular formula is C14H17ClO4. The third kappa shape index (κ3) is 3.85. The van der Waals surface area contributed by atoms with Crippen molar-refractivity contribution >= 4 is 17.6 Å². The van der Waals surface area contributed by atoms with Crippen LogP contribution in [-0.4, -0.2) is 32.4 Å². The minimum absolute atomic E-state index is 0.0102. The van der Waals surface area contributed by atoms with Gasteiger partial charge < -0.3 is 14.2 Å². The second-order valence-electron chi connectivity index (χ2n) is 4.43. The van der Waals surface area contributed by atoms with E-state index >= 15 is 0 Å². The molecule has 0 amide bonds. The second-order valence-corrected chi connectivity index (χ2v) is 4.87. The topological polar surface area (TPSA) is 44.8 Å². The molecule has 1 saturated heterocycles. The molecule has 1 aromatic rings. The summed E-state index contributed by atoms with van der Waals surface area (Å²) in [7, 11) is 1.49. The third-order valence-electron chi connectivity index (χ3n) is 3.06. The van der Waals surface area contributed by atoms with Crippen molar-refractivity contribution in [1.29, 1.82) is 0 Å². The summed E-state index contributed by atoms with van der Waals surface area (Å²) in [6.45, 7) is 1.02. The van der Waals surface area contributed by atoms with Gasteiger partial charge in [0.15, 0.2) is 0 Å². The van der Waals surface area contributed by atoms with Gasteiger partial charge >= 0.3 is 5.97 Å². The first-order valence-corrected chi connectivity index (χ1v) is 6.71. The maximum Gasteiger partial charge on any atom is 0.342 e. The van der Waals surface area contributed by atoms with E-state index in [4.69, 9.17) is 25.8 Å². The normalized spacial score (nSPS) is 18.9. The van der Waals surface area contributed by atoms with Crippen molar-refractivity contribution in [3.05, 3.63) is 28.8 Å². The van der Waals surface area contributed by atoms with Crippen LogP contribution in [0.3, 0.4) is 0 Å². The molecule has 104 valence electrons. The largest absolute Gasteiger partial charge is 0.496 e. The maximum atomic E-state index is 12.0. The molecule has 19 heavy (non-hydrogen) atoms. The highest BCUT2D eigenvalue weighted by atomic mass is 35.5. The highest BCUT2D eigenvalue weighted by Gasteiger charge is 2.19. The van der Waals surface area contributed by atoms with Crippen LogP contribution in [0.25, 0.3) is 0 Å². The van der Waals surface area contributed by atoms with Gasteiger partial charge in [-0.1, -0.05) is 11.6 Å². The van der Waals surface area contributed by atoms with Crippen molar-refractivity contribution in [2.45, 2.75) is 25.4 Å². The molecule has 1 heterocycles. The third-order valence-corrected chi connectivity index (χ3v) is 3.29. The van der Waals surface area contributed by atoms with E-state index in [0.717, 1.165) is 25.9 Å². The Morgan fingerprint density at radius 2 is 2.32 bits per heavy atom. The van der Waals surface area contributed by atoms with Crippen molar-refractivity contribution in [3.63, 3.8) is 0 Å². The molecule has 0 radical (unpaired) electrons. The zero-order valence-electron chi connectivity index (χ0n) is 10.9. The molecule has 1 atom stereocenters. The number of halogens is 1. The monoisotopic (exact) mass is 284 g/mol. The SMILES string of the molecule is COc1cc(Cl)ccc1C(=O)OCC1CCCCO1. The number of rotatable bonds is 4. The minimum Gasteiger partial charge on any atom is -0.496 e. The van der Waals surface area contributed by atoms with E-state index in [-0.39, 0.29) is 12.7 Å². The Bertz CT molecular complexity index is 441. The second kappa shape index (κ2) is 6.78. The van der Waals surface area contributed by atoms with Crippen LogP contribution in [0.5, 0.6) is 5.75 Å². The number of benzene rings is 1. The Hall–Kier alpha value is -1.26. The summed E-state index contributed by atoms with van der Waals surface area (Å²) in [5.41, 5.74) is 0.378. The zero-order valence-corrected chi connectivity index (χ0v) is 11.6. The van der Waals surface area contributed by atoms with E-state index < -0.39 is 5.97 Å². The Morgan fingerprint density at radius 3 is 3.00 bits per heavy atom. The summed E-state index contributed by atoms with van der Waals surface area (Å²) in [5, 5.41) is 0.518. The molecule has 1 aromatic carbocycles. The van der Waals surface area contributed by atoms with Crippen LogP contribution >= 0.6 is 11.6 Å². The first-order valence-electron chi connectivity index (χ1n) is 6.33. The predicted molar refractivity (Wildman–Crippen MR) is 71.9 cm³/mol. The standard InChI is InChI=1S/C14H17ClO4/c1-17-13-8-10(15)5-6-12(13)14(16)19-9-11-4-2-3-7-18-11/h5-6,8,11H,2-4,7,9H2,1H3. The maximum absolute atomic E-state index is 12.0. The fourth-order valence-corrected chi connectivity index (χ4v) is 2.18. The van der Waals surface area contributed by atoms with Gasteiger partial charge in [-0.05, 0) is 37.5 Å². The van der Waals surface area contributed by atoms with Crippen LogP contribution < -0.4 is 4.74 Å². The molecule has 1 aliphatic heterocycles. The lowest BCUT2D eigenvalue weighted by atomic mass is 10.1. The van der Waals surface area contributed by atoms with E-state index in [1.807, 2.05) is 0 Å². The van der Waals surface area contributed by atoms with E-state index in [9.17, 15) is 4.79 Å². The molecule has 0 aromatic heterocycles. The molecular weight excluding hydrogens is 268 g/mol. The summed E-state index contributed by atoms with van der Waals surface area (Å²) in [5.74, 6) is 0.00440. The van der Waals surface area contributed by atoms with Gasteiger partial charge in [0.05, 0.1) is 13.2 Å². The number of hydrogen-bond donors (Lipinski definition) is 0. The van der Waals surface area contributed by atoms with Gasteiger partial charge in [0, 0.05) is 11.6 Å². The van der Waals surface area contributed by atoms with Crippen molar-refractivity contribution in [2.75, 3.05) is 20.3 Å². The lowest BCUT2D eigenvalue weighted by Crippen LogP contribution is -2.26. The summed E-state index contributed by atoms with van der Waals surface area (Å²) in [6.07, 6.45) is 3.14. The van der Waals surface area contributed by atoms with E-state index in [1.165, 1.54) is 7.11 Å². The summed E-state index contributed by atoms with van der Waals surface area (Å²) in [6, 6.07) is 4.83. The summed E-state index contributed by atoms with van der Waals surface area (Å²) < 4.78 is 15.9. The predicted octanol–water partition coefficient (Wildman–Crippen LogP) is 3.07. The fourth-order valence-electron chi connectivity index (χ4n) is 2.02. The van der Waals surface area contributed by atoms with E-state index in [0.29, 0.717) is 16.3 Å². The Morgan fingerprint density at radius 1 is 1.47 bits per heavy atom. The van der Waals surface area contributed by atoms with Crippen LogP contribution in [0.4, 0.5) is 0 Å². The molecule has 0 bridgehead atoms. The average Bonchev–Trinajstić information content (AvgIpc) is 2.45. The molecule has 1 aliphatic rings. The minimum atomic E-state index is -0.414. The van der Waals surface area contributed by atoms with Crippen LogP contribution in [0.15, 0.2) is 18.2 Å². The van der Waals surface area contributed by atoms with Gasteiger partial charge in [-0.15, -0.1) is 0 Å². The van der Waals surface area contributed by atoms with Crippen LogP contribution in [0.1, 0.15) is 29.6 Å². The Kier molecular flexibility index (Phi) is 5.05. The molecule has 2 rings (SSSR count). The Labute approximate surface area is 117 Å². The molecule has 4 nitrogen and oxygen atoms in total. The van der Waals surface area contributed by atoms with Crippen molar-refractivity contribution < 1.29 is 19.0 Å². The first-order chi connectivity index (χ1) is 9.20. The van der Waals surface area contributed by atoms with Crippen LogP contribution in [0.2, 0.25) is 5.02 Å². The molecule has 0 saturated carbocycles. The van der Waals surface area contributed by atoms with Gasteiger partial charge in [-0.3, -0.25) is 0 Å². The summed E-state index contributed by atoms with van der Waals surface area (Å²) >= 11 is 5.85. The van der Waals surface area contributed by atoms with Gasteiger partial charge in [0.25, 0.3) is 0 Å². The van der Waals surface area contributed by atoms with Crippen LogP contribution in [0, 0.1) is 0 Å². The molecule has 0 aliphatic carbocycles. The van der Waals surface area contributed by atoms with Crippen LogP contribution in [-0.2, 0) is 9.47 Å². The van der Waals surface area contributed by atoms with Gasteiger partial charge in [-0.2, -0.15) is 0 Å². The van der Waals surface area contributed by atoms with E-state index in [1.54, 1.807) is 18.2 Å². The smallest absolute Gasteiger partial charge is 0.342 e. The summed E-state index contributed by atoms with van der Waals surface area (Å²) in [4.78, 5) is 12.0.